The molecular weight excluding hydrogens is 300 g/mol. The largest absolute Gasteiger partial charge is 0.454 e. The van der Waals surface area contributed by atoms with Crippen molar-refractivity contribution in [2.24, 2.45) is 0 Å². The summed E-state index contributed by atoms with van der Waals surface area (Å²) in [5, 5.41) is 0. The van der Waals surface area contributed by atoms with Crippen molar-refractivity contribution in [3.8, 4) is 0 Å². The Kier molecular flexibility index (Phi) is 4.85. The summed E-state index contributed by atoms with van der Waals surface area (Å²) in [4.78, 5) is 15.0. The van der Waals surface area contributed by atoms with Crippen LogP contribution in [-0.4, -0.2) is 49.6 Å². The van der Waals surface area contributed by atoms with Crippen LogP contribution in [0, 0.1) is 5.82 Å². The lowest BCUT2D eigenvalue weighted by Crippen LogP contribution is -2.46. The number of ketones is 1. The van der Waals surface area contributed by atoms with Crippen LogP contribution in [0.25, 0.3) is 0 Å². The summed E-state index contributed by atoms with van der Waals surface area (Å²) in [7, 11) is 0. The van der Waals surface area contributed by atoms with Gasteiger partial charge >= 0.3 is 6.18 Å². The third-order valence-electron chi connectivity index (χ3n) is 3.58. The van der Waals surface area contributed by atoms with Gasteiger partial charge in [-0.3, -0.25) is 9.69 Å². The molecule has 120 valence electrons. The molecule has 7 heteroatoms. The van der Waals surface area contributed by atoms with Crippen LogP contribution in [0.15, 0.2) is 30.9 Å². The van der Waals surface area contributed by atoms with Crippen molar-refractivity contribution in [2.45, 2.75) is 6.18 Å². The SMILES string of the molecule is C=CCN1CCN(c2cccc(C(=O)C(F)(F)F)c2F)CC1. The molecule has 2 rings (SSSR count). The van der Waals surface area contributed by atoms with Gasteiger partial charge in [-0.15, -0.1) is 6.58 Å². The van der Waals surface area contributed by atoms with Gasteiger partial charge in [-0.1, -0.05) is 12.1 Å². The van der Waals surface area contributed by atoms with Gasteiger partial charge in [-0.25, -0.2) is 4.39 Å². The Hall–Kier alpha value is -1.89. The number of hydrogen-bond acceptors (Lipinski definition) is 3. The van der Waals surface area contributed by atoms with Crippen molar-refractivity contribution < 1.29 is 22.4 Å². The molecule has 0 bridgehead atoms. The lowest BCUT2D eigenvalue weighted by atomic mass is 10.1. The van der Waals surface area contributed by atoms with Crippen LogP contribution in [0.4, 0.5) is 23.2 Å². The monoisotopic (exact) mass is 316 g/mol. The maximum Gasteiger partial charge on any atom is 0.454 e. The average molecular weight is 316 g/mol. The normalized spacial score (nSPS) is 16.6. The second-order valence-corrected chi connectivity index (χ2v) is 5.04. The van der Waals surface area contributed by atoms with E-state index in [-0.39, 0.29) is 5.69 Å². The Morgan fingerprint density at radius 3 is 2.41 bits per heavy atom. The highest BCUT2D eigenvalue weighted by atomic mass is 19.4. The number of rotatable bonds is 4. The van der Waals surface area contributed by atoms with E-state index in [1.54, 1.807) is 11.0 Å². The molecule has 0 saturated carbocycles. The zero-order chi connectivity index (χ0) is 16.3. The van der Waals surface area contributed by atoms with E-state index in [1.807, 2.05) is 0 Å². The Morgan fingerprint density at radius 1 is 1.23 bits per heavy atom. The van der Waals surface area contributed by atoms with Crippen molar-refractivity contribution in [1.82, 2.24) is 4.90 Å². The van der Waals surface area contributed by atoms with E-state index < -0.39 is 23.3 Å². The Balaban J connectivity index is 2.20. The highest BCUT2D eigenvalue weighted by Gasteiger charge is 2.41. The van der Waals surface area contributed by atoms with Crippen LogP contribution in [0.2, 0.25) is 0 Å². The van der Waals surface area contributed by atoms with Crippen LogP contribution in [0.5, 0.6) is 0 Å². The zero-order valence-corrected chi connectivity index (χ0v) is 11.9. The highest BCUT2D eigenvalue weighted by Crippen LogP contribution is 2.28. The lowest BCUT2D eigenvalue weighted by Gasteiger charge is -2.35. The molecule has 0 spiro atoms. The second-order valence-electron chi connectivity index (χ2n) is 5.04. The van der Waals surface area contributed by atoms with E-state index >= 15 is 0 Å². The molecule has 0 aliphatic carbocycles. The summed E-state index contributed by atoms with van der Waals surface area (Å²) in [5.74, 6) is -3.26. The number of carbonyl (C=O) groups is 1. The number of hydrogen-bond donors (Lipinski definition) is 0. The fraction of sp³-hybridized carbons (Fsp3) is 0.400. The van der Waals surface area contributed by atoms with E-state index in [4.69, 9.17) is 0 Å². The molecule has 1 aliphatic heterocycles. The van der Waals surface area contributed by atoms with Crippen LogP contribution >= 0.6 is 0 Å². The molecule has 1 heterocycles. The first-order chi connectivity index (χ1) is 10.3. The molecule has 1 aromatic rings. The molecule has 1 fully saturated rings. The minimum Gasteiger partial charge on any atom is -0.367 e. The predicted octanol–water partition coefficient (Wildman–Crippen LogP) is 2.88. The number of piperazine rings is 1. The van der Waals surface area contributed by atoms with E-state index in [0.29, 0.717) is 32.7 Å². The standard InChI is InChI=1S/C15H16F4N2O/c1-2-6-20-7-9-21(10-8-20)12-5-3-4-11(13(12)16)14(22)15(17,18)19/h2-5H,1,6-10H2. The van der Waals surface area contributed by atoms with Gasteiger partial charge in [0.2, 0.25) is 0 Å². The molecular formula is C15H16F4N2O. The topological polar surface area (TPSA) is 23.6 Å². The maximum absolute atomic E-state index is 14.3. The first-order valence-corrected chi connectivity index (χ1v) is 6.83. The molecule has 0 aromatic heterocycles. The lowest BCUT2D eigenvalue weighted by molar-refractivity contribution is -0.0887. The quantitative estimate of drug-likeness (QED) is 0.485. The summed E-state index contributed by atoms with van der Waals surface area (Å²) in [5.41, 5.74) is -0.896. The van der Waals surface area contributed by atoms with E-state index in [0.717, 1.165) is 6.07 Å². The average Bonchev–Trinajstić information content (AvgIpc) is 2.47. The molecule has 3 nitrogen and oxygen atoms in total. The van der Waals surface area contributed by atoms with Gasteiger partial charge < -0.3 is 4.90 Å². The minimum atomic E-state index is -5.08. The minimum absolute atomic E-state index is 0.0355. The number of alkyl halides is 3. The van der Waals surface area contributed by atoms with Crippen LogP contribution in [0.1, 0.15) is 10.4 Å². The summed E-state index contributed by atoms with van der Waals surface area (Å²) in [6.45, 7) is 6.62. The molecule has 1 aromatic carbocycles. The molecule has 0 unspecified atom stereocenters. The summed E-state index contributed by atoms with van der Waals surface area (Å²) >= 11 is 0. The number of nitrogens with zero attached hydrogens (tertiary/aromatic N) is 2. The molecule has 22 heavy (non-hydrogen) atoms. The number of benzene rings is 1. The summed E-state index contributed by atoms with van der Waals surface area (Å²) in [6.07, 6.45) is -3.32. The third-order valence-corrected chi connectivity index (χ3v) is 3.58. The number of carbonyl (C=O) groups excluding carboxylic acids is 1. The van der Waals surface area contributed by atoms with Crippen molar-refractivity contribution in [3.05, 3.63) is 42.2 Å². The van der Waals surface area contributed by atoms with Gasteiger partial charge in [-0.2, -0.15) is 13.2 Å². The third kappa shape index (κ3) is 3.47. The van der Waals surface area contributed by atoms with Crippen molar-refractivity contribution >= 4 is 11.5 Å². The Labute approximate surface area is 125 Å². The van der Waals surface area contributed by atoms with Gasteiger partial charge in [0.15, 0.2) is 5.82 Å². The molecule has 0 atom stereocenters. The van der Waals surface area contributed by atoms with Gasteiger partial charge in [0.1, 0.15) is 0 Å². The van der Waals surface area contributed by atoms with Gasteiger partial charge in [0, 0.05) is 32.7 Å². The Bertz CT molecular complexity index is 563. The molecule has 1 saturated heterocycles. The predicted molar refractivity (Wildman–Crippen MR) is 75.6 cm³/mol. The van der Waals surface area contributed by atoms with Crippen LogP contribution in [-0.2, 0) is 0 Å². The van der Waals surface area contributed by atoms with Crippen molar-refractivity contribution in [2.75, 3.05) is 37.6 Å². The van der Waals surface area contributed by atoms with Gasteiger partial charge in [-0.05, 0) is 12.1 Å². The fourth-order valence-corrected chi connectivity index (χ4v) is 2.45. The zero-order valence-electron chi connectivity index (χ0n) is 11.9. The van der Waals surface area contributed by atoms with Crippen LogP contribution in [0.3, 0.4) is 0 Å². The molecule has 0 amide bonds. The number of Topliss-reactive ketones (excluding diaryl/α,β-unsaturated/α-hetero) is 1. The first-order valence-electron chi connectivity index (χ1n) is 6.83. The first kappa shape index (κ1) is 16.5. The molecule has 0 radical (unpaired) electrons. The van der Waals surface area contributed by atoms with E-state index in [9.17, 15) is 22.4 Å². The fourth-order valence-electron chi connectivity index (χ4n) is 2.45. The van der Waals surface area contributed by atoms with Gasteiger partial charge in [0.05, 0.1) is 11.3 Å². The highest BCUT2D eigenvalue weighted by molar-refractivity contribution is 6.01. The smallest absolute Gasteiger partial charge is 0.367 e. The van der Waals surface area contributed by atoms with E-state index in [2.05, 4.69) is 11.5 Å². The summed E-state index contributed by atoms with van der Waals surface area (Å²) < 4.78 is 51.7. The Morgan fingerprint density at radius 2 is 1.86 bits per heavy atom. The maximum atomic E-state index is 14.3. The van der Waals surface area contributed by atoms with E-state index in [1.165, 1.54) is 12.1 Å². The van der Waals surface area contributed by atoms with Crippen molar-refractivity contribution in [3.63, 3.8) is 0 Å². The molecule has 0 N–H and O–H groups in total. The summed E-state index contributed by atoms with van der Waals surface area (Å²) in [6, 6.07) is 3.53. The van der Waals surface area contributed by atoms with Crippen molar-refractivity contribution in [1.29, 1.82) is 0 Å². The van der Waals surface area contributed by atoms with Crippen LogP contribution < -0.4 is 4.90 Å². The number of halogens is 4. The van der Waals surface area contributed by atoms with Gasteiger partial charge in [0.25, 0.3) is 5.78 Å². The molecule has 1 aliphatic rings. The number of anilines is 1. The second kappa shape index (κ2) is 6.48.